The third-order valence-electron chi connectivity index (χ3n) is 8.55. The predicted octanol–water partition coefficient (Wildman–Crippen LogP) is 1.91. The Balaban J connectivity index is 2.03. The molecule has 0 bridgehead atoms. The molecule has 4 rings (SSSR count). The van der Waals surface area contributed by atoms with Gasteiger partial charge in [-0.2, -0.15) is 0 Å². The molecule has 0 unspecified atom stereocenters. The maximum atomic E-state index is 13.1. The summed E-state index contributed by atoms with van der Waals surface area (Å²) in [4.78, 5) is 38.2. The third kappa shape index (κ3) is 2.43. The van der Waals surface area contributed by atoms with Gasteiger partial charge in [-0.05, 0) is 32.8 Å². The van der Waals surface area contributed by atoms with Gasteiger partial charge in [0.2, 0.25) is 0 Å². The van der Waals surface area contributed by atoms with E-state index in [-0.39, 0.29) is 6.42 Å². The first-order chi connectivity index (χ1) is 14.9. The van der Waals surface area contributed by atoms with Crippen LogP contribution in [-0.4, -0.2) is 52.5 Å². The number of esters is 3. The number of carbonyl (C=O) groups is 3. The second-order valence-electron chi connectivity index (χ2n) is 9.79. The van der Waals surface area contributed by atoms with Gasteiger partial charge in [0.15, 0.2) is 0 Å². The van der Waals surface area contributed by atoms with E-state index in [1.165, 1.54) is 33.5 Å². The molecule has 9 heteroatoms. The number of ether oxygens (including phenoxy) is 3. The third-order valence-corrected chi connectivity index (χ3v) is 8.55. The smallest absolute Gasteiger partial charge is 0.314 e. The normalized spacial score (nSPS) is 45.4. The number of hydrogen-bond acceptors (Lipinski definition) is 9. The lowest BCUT2D eigenvalue weighted by Gasteiger charge is -2.58. The summed E-state index contributed by atoms with van der Waals surface area (Å²) in [5, 5.41) is 24.9. The van der Waals surface area contributed by atoms with Gasteiger partial charge in [0.25, 0.3) is 0 Å². The Kier molecular flexibility index (Phi) is 5.02. The van der Waals surface area contributed by atoms with Crippen molar-refractivity contribution in [3.8, 4) is 0 Å². The molecule has 0 aromatic carbocycles. The molecule has 1 aromatic rings. The van der Waals surface area contributed by atoms with Gasteiger partial charge in [-0.1, -0.05) is 13.3 Å². The predicted molar refractivity (Wildman–Crippen MR) is 108 cm³/mol. The second kappa shape index (κ2) is 7.05. The van der Waals surface area contributed by atoms with Crippen LogP contribution in [0.1, 0.15) is 58.6 Å². The molecule has 2 aliphatic carbocycles. The molecule has 0 spiro atoms. The van der Waals surface area contributed by atoms with Gasteiger partial charge < -0.3 is 28.8 Å². The van der Waals surface area contributed by atoms with Crippen LogP contribution in [0.5, 0.6) is 0 Å². The highest BCUT2D eigenvalue weighted by molar-refractivity contribution is 5.81. The van der Waals surface area contributed by atoms with Crippen LogP contribution in [0.2, 0.25) is 0 Å². The summed E-state index contributed by atoms with van der Waals surface area (Å²) >= 11 is 0. The Morgan fingerprint density at radius 1 is 1.22 bits per heavy atom. The van der Waals surface area contributed by atoms with E-state index < -0.39 is 64.0 Å². The summed E-state index contributed by atoms with van der Waals surface area (Å²) in [5.41, 5.74) is -6.34. The molecular weight excluding hydrogens is 420 g/mol. The quantitative estimate of drug-likeness (QED) is 0.523. The van der Waals surface area contributed by atoms with E-state index in [2.05, 4.69) is 0 Å². The van der Waals surface area contributed by atoms with Gasteiger partial charge in [-0.15, -0.1) is 0 Å². The monoisotopic (exact) mass is 450 g/mol. The fraction of sp³-hybridized carbons (Fsp3) is 0.696. The zero-order valence-corrected chi connectivity index (χ0v) is 18.9. The Hall–Kier alpha value is -2.39. The van der Waals surface area contributed by atoms with E-state index in [4.69, 9.17) is 18.6 Å². The minimum atomic E-state index is -2.04. The molecule has 2 saturated carbocycles. The van der Waals surface area contributed by atoms with Crippen LogP contribution in [-0.2, 0) is 28.6 Å². The molecule has 3 aliphatic rings. The first-order valence-electron chi connectivity index (χ1n) is 10.8. The number of rotatable bonds is 3. The lowest BCUT2D eigenvalue weighted by atomic mass is 9.49. The molecule has 0 radical (unpaired) electrons. The number of fused-ring (bicyclic) bond motifs is 3. The standard InChI is InChI=1S/C23H30O9/c1-12-18(25)32-16(14-7-10-30-11-14)15-17(31-13(2)24)23(28)20(3,19(26)29-5)8-6-9-21(23,4)22(12,15)27/h7,10-12,15-17,27-28H,6,8-9H2,1-5H3/t12-,15+,16+,17+,20+,21-,22-,23+/m1/s1. The molecule has 1 aromatic heterocycles. The highest BCUT2D eigenvalue weighted by Crippen LogP contribution is 2.73. The number of carbonyl (C=O) groups excluding carboxylic acids is 3. The lowest BCUT2D eigenvalue weighted by Crippen LogP contribution is -2.70. The zero-order valence-electron chi connectivity index (χ0n) is 18.9. The second-order valence-corrected chi connectivity index (χ2v) is 9.79. The summed E-state index contributed by atoms with van der Waals surface area (Å²) in [5.74, 6) is -4.11. The largest absolute Gasteiger partial charge is 0.472 e. The van der Waals surface area contributed by atoms with Crippen LogP contribution in [0.4, 0.5) is 0 Å². The van der Waals surface area contributed by atoms with Crippen molar-refractivity contribution in [2.75, 3.05) is 7.11 Å². The lowest BCUT2D eigenvalue weighted by molar-refractivity contribution is -0.258. The van der Waals surface area contributed by atoms with Crippen molar-refractivity contribution in [1.29, 1.82) is 0 Å². The van der Waals surface area contributed by atoms with E-state index in [0.717, 1.165) is 0 Å². The fourth-order valence-electron chi connectivity index (χ4n) is 6.95. The first kappa shape index (κ1) is 22.8. The van der Waals surface area contributed by atoms with Crippen molar-refractivity contribution < 1.29 is 43.2 Å². The van der Waals surface area contributed by atoms with Crippen LogP contribution in [0.25, 0.3) is 0 Å². The first-order valence-corrected chi connectivity index (χ1v) is 10.8. The average Bonchev–Trinajstić information content (AvgIpc) is 3.32. The summed E-state index contributed by atoms with van der Waals surface area (Å²) in [6.07, 6.45) is 1.42. The molecular formula is C23H30O9. The van der Waals surface area contributed by atoms with Gasteiger partial charge in [-0.25, -0.2) is 0 Å². The number of cyclic esters (lactones) is 1. The summed E-state index contributed by atoms with van der Waals surface area (Å²) < 4.78 is 21.7. The highest BCUT2D eigenvalue weighted by Gasteiger charge is 2.85. The molecule has 2 N–H and O–H groups in total. The molecule has 8 atom stereocenters. The Morgan fingerprint density at radius 2 is 1.91 bits per heavy atom. The fourth-order valence-corrected chi connectivity index (χ4v) is 6.95. The molecule has 1 aliphatic heterocycles. The Morgan fingerprint density at radius 3 is 2.47 bits per heavy atom. The van der Waals surface area contributed by atoms with Crippen LogP contribution in [0.15, 0.2) is 23.0 Å². The number of hydrogen-bond donors (Lipinski definition) is 2. The molecule has 3 fully saturated rings. The Bertz CT molecular complexity index is 941. The van der Waals surface area contributed by atoms with Gasteiger partial charge >= 0.3 is 17.9 Å². The van der Waals surface area contributed by atoms with Crippen molar-refractivity contribution in [2.24, 2.45) is 22.7 Å². The van der Waals surface area contributed by atoms with E-state index in [1.54, 1.807) is 19.9 Å². The molecule has 32 heavy (non-hydrogen) atoms. The highest BCUT2D eigenvalue weighted by atomic mass is 16.6. The number of furan rings is 1. The van der Waals surface area contributed by atoms with Crippen LogP contribution in [0.3, 0.4) is 0 Å². The van der Waals surface area contributed by atoms with Gasteiger partial charge in [0, 0.05) is 17.9 Å². The van der Waals surface area contributed by atoms with Crippen LogP contribution < -0.4 is 0 Å². The maximum Gasteiger partial charge on any atom is 0.314 e. The SMILES string of the molecule is COC(=O)[C@]1(C)CCC[C@]2(C)[C@]3(O)[C@@H]([C@H](c4ccoc4)OC(=O)[C@H]3C)[C@H](OC(C)=O)[C@@]21O. The maximum absolute atomic E-state index is 13.1. The number of methoxy groups -OCH3 is 1. The van der Waals surface area contributed by atoms with Crippen molar-refractivity contribution in [3.63, 3.8) is 0 Å². The van der Waals surface area contributed by atoms with Gasteiger partial charge in [0.05, 0.1) is 42.5 Å². The summed E-state index contributed by atoms with van der Waals surface area (Å²) in [7, 11) is 1.23. The van der Waals surface area contributed by atoms with Crippen molar-refractivity contribution >= 4 is 17.9 Å². The molecule has 176 valence electrons. The van der Waals surface area contributed by atoms with Crippen LogP contribution in [0, 0.1) is 22.7 Å². The molecule has 0 amide bonds. The van der Waals surface area contributed by atoms with E-state index >= 15 is 0 Å². The zero-order chi connectivity index (χ0) is 23.7. The molecule has 1 saturated heterocycles. The molecule has 2 heterocycles. The van der Waals surface area contributed by atoms with Crippen molar-refractivity contribution in [1.82, 2.24) is 0 Å². The number of aliphatic hydroxyl groups is 2. The topological polar surface area (TPSA) is 132 Å². The minimum Gasteiger partial charge on any atom is -0.472 e. The minimum absolute atomic E-state index is 0.256. The summed E-state index contributed by atoms with van der Waals surface area (Å²) in [6, 6.07) is 1.59. The molecule has 9 nitrogen and oxygen atoms in total. The Labute approximate surface area is 186 Å². The van der Waals surface area contributed by atoms with E-state index in [1.807, 2.05) is 0 Å². The van der Waals surface area contributed by atoms with Gasteiger partial charge in [0.1, 0.15) is 17.8 Å². The summed E-state index contributed by atoms with van der Waals surface area (Å²) in [6.45, 7) is 5.95. The van der Waals surface area contributed by atoms with E-state index in [9.17, 15) is 24.6 Å². The average molecular weight is 450 g/mol. The van der Waals surface area contributed by atoms with Crippen LogP contribution >= 0.6 is 0 Å². The van der Waals surface area contributed by atoms with Crippen molar-refractivity contribution in [3.05, 3.63) is 24.2 Å². The van der Waals surface area contributed by atoms with E-state index in [0.29, 0.717) is 18.4 Å². The van der Waals surface area contributed by atoms with Gasteiger partial charge in [-0.3, -0.25) is 14.4 Å². The van der Waals surface area contributed by atoms with Crippen molar-refractivity contribution in [2.45, 2.75) is 70.4 Å².